The van der Waals surface area contributed by atoms with E-state index in [0.717, 1.165) is 22.4 Å². The molecule has 5 nitrogen and oxygen atoms in total. The zero-order chi connectivity index (χ0) is 13.9. The number of benzene rings is 2. The molecule has 0 saturated heterocycles. The van der Waals surface area contributed by atoms with Crippen molar-refractivity contribution in [2.75, 3.05) is 6.61 Å². The fourth-order valence-electron chi connectivity index (χ4n) is 1.96. The Morgan fingerprint density at radius 1 is 1.20 bits per heavy atom. The van der Waals surface area contributed by atoms with Crippen LogP contribution in [0.5, 0.6) is 5.75 Å². The molecule has 0 amide bonds. The van der Waals surface area contributed by atoms with Crippen LogP contribution in [0.25, 0.3) is 22.4 Å². The number of aromatic nitrogens is 2. The van der Waals surface area contributed by atoms with Crippen molar-refractivity contribution in [1.82, 2.24) is 9.97 Å². The quantitative estimate of drug-likeness (QED) is 0.762. The smallest absolute Gasteiger partial charge is 0.341 e. The lowest BCUT2D eigenvalue weighted by atomic mass is 10.2. The average molecular weight is 268 g/mol. The van der Waals surface area contributed by atoms with Gasteiger partial charge in [-0.3, -0.25) is 0 Å². The lowest BCUT2D eigenvalue weighted by Gasteiger charge is -2.01. The van der Waals surface area contributed by atoms with Crippen molar-refractivity contribution >= 4 is 17.0 Å². The van der Waals surface area contributed by atoms with E-state index in [0.29, 0.717) is 5.75 Å². The number of carbonyl (C=O) groups is 1. The molecule has 0 bridgehead atoms. The summed E-state index contributed by atoms with van der Waals surface area (Å²) in [6.07, 6.45) is 0. The molecule has 0 atom stereocenters. The maximum atomic E-state index is 10.5. The number of hydrogen-bond acceptors (Lipinski definition) is 3. The second-order valence-electron chi connectivity index (χ2n) is 4.31. The van der Waals surface area contributed by atoms with E-state index in [9.17, 15) is 4.79 Å². The van der Waals surface area contributed by atoms with Gasteiger partial charge in [-0.2, -0.15) is 0 Å². The predicted octanol–water partition coefficient (Wildman–Crippen LogP) is 2.69. The molecule has 100 valence electrons. The van der Waals surface area contributed by atoms with E-state index in [1.165, 1.54) is 0 Å². The number of hydrogen-bond donors (Lipinski definition) is 2. The number of imidazole rings is 1. The zero-order valence-corrected chi connectivity index (χ0v) is 10.5. The van der Waals surface area contributed by atoms with Crippen LogP contribution in [-0.2, 0) is 4.79 Å². The van der Waals surface area contributed by atoms with Crippen LogP contribution in [0.3, 0.4) is 0 Å². The Labute approximate surface area is 114 Å². The molecule has 3 aromatic rings. The van der Waals surface area contributed by atoms with Crippen molar-refractivity contribution in [2.45, 2.75) is 0 Å². The van der Waals surface area contributed by atoms with Gasteiger partial charge in [0.05, 0.1) is 11.0 Å². The van der Waals surface area contributed by atoms with Gasteiger partial charge in [-0.1, -0.05) is 30.3 Å². The van der Waals surface area contributed by atoms with Crippen molar-refractivity contribution in [1.29, 1.82) is 0 Å². The minimum absolute atomic E-state index is 0.356. The highest BCUT2D eigenvalue weighted by atomic mass is 16.5. The van der Waals surface area contributed by atoms with E-state index in [1.54, 1.807) is 18.2 Å². The van der Waals surface area contributed by atoms with Gasteiger partial charge < -0.3 is 14.8 Å². The molecule has 2 aromatic carbocycles. The summed E-state index contributed by atoms with van der Waals surface area (Å²) < 4.78 is 5.14. The third kappa shape index (κ3) is 2.47. The fraction of sp³-hybridized carbons (Fsp3) is 0.0667. The number of fused-ring (bicyclic) bond motifs is 1. The van der Waals surface area contributed by atoms with Gasteiger partial charge in [0.1, 0.15) is 11.6 Å². The summed E-state index contributed by atoms with van der Waals surface area (Å²) in [6.45, 7) is -0.356. The van der Waals surface area contributed by atoms with Crippen molar-refractivity contribution < 1.29 is 14.6 Å². The highest BCUT2D eigenvalue weighted by Crippen LogP contribution is 2.23. The van der Waals surface area contributed by atoms with Gasteiger partial charge in [0, 0.05) is 11.6 Å². The van der Waals surface area contributed by atoms with E-state index >= 15 is 0 Å². The molecule has 5 heteroatoms. The number of H-pyrrole nitrogens is 1. The van der Waals surface area contributed by atoms with Gasteiger partial charge >= 0.3 is 5.97 Å². The fourth-order valence-corrected chi connectivity index (χ4v) is 1.96. The van der Waals surface area contributed by atoms with Crippen LogP contribution in [0.2, 0.25) is 0 Å². The molecule has 0 radical (unpaired) electrons. The Bertz CT molecular complexity index is 750. The molecule has 0 aliphatic carbocycles. The molecule has 0 saturated carbocycles. The summed E-state index contributed by atoms with van der Waals surface area (Å²) in [5.41, 5.74) is 2.62. The van der Waals surface area contributed by atoms with Crippen LogP contribution in [-0.4, -0.2) is 27.7 Å². The Morgan fingerprint density at radius 3 is 2.75 bits per heavy atom. The first-order chi connectivity index (χ1) is 9.72. The standard InChI is InChI=1S/C15H12N2O3/c18-14(19)9-20-11-6-7-12-13(8-11)17-15(16-12)10-4-2-1-3-5-10/h1-8H,9H2,(H,16,17)(H,18,19). The summed E-state index contributed by atoms with van der Waals surface area (Å²) in [5.74, 6) is 0.277. The van der Waals surface area contributed by atoms with Gasteiger partial charge in [0.2, 0.25) is 0 Å². The van der Waals surface area contributed by atoms with Crippen molar-refractivity contribution in [3.63, 3.8) is 0 Å². The molecular formula is C15H12N2O3. The molecule has 0 spiro atoms. The number of nitrogens with zero attached hydrogens (tertiary/aromatic N) is 1. The number of rotatable bonds is 4. The van der Waals surface area contributed by atoms with Crippen LogP contribution in [0.4, 0.5) is 0 Å². The number of carboxylic acid groups (broad SMARTS) is 1. The maximum absolute atomic E-state index is 10.5. The maximum Gasteiger partial charge on any atom is 0.341 e. The average Bonchev–Trinajstić information content (AvgIpc) is 2.89. The molecule has 2 N–H and O–H groups in total. The van der Waals surface area contributed by atoms with E-state index < -0.39 is 5.97 Å². The first kappa shape index (κ1) is 12.2. The van der Waals surface area contributed by atoms with E-state index in [-0.39, 0.29) is 6.61 Å². The molecule has 0 unspecified atom stereocenters. The minimum atomic E-state index is -1.00. The first-order valence-corrected chi connectivity index (χ1v) is 6.12. The predicted molar refractivity (Wildman–Crippen MR) is 74.7 cm³/mol. The third-order valence-corrected chi connectivity index (χ3v) is 2.86. The SMILES string of the molecule is O=C(O)COc1ccc2nc(-c3ccccc3)[nH]c2c1. The Balaban J connectivity index is 1.93. The number of aromatic amines is 1. The van der Waals surface area contributed by atoms with Gasteiger partial charge in [-0.05, 0) is 12.1 Å². The molecule has 1 heterocycles. The lowest BCUT2D eigenvalue weighted by Crippen LogP contribution is -2.09. The van der Waals surface area contributed by atoms with Crippen LogP contribution >= 0.6 is 0 Å². The van der Waals surface area contributed by atoms with Gasteiger partial charge in [-0.25, -0.2) is 9.78 Å². The summed E-state index contributed by atoms with van der Waals surface area (Å²) in [6, 6.07) is 15.0. The molecule has 0 aliphatic rings. The number of ether oxygens (including phenoxy) is 1. The summed E-state index contributed by atoms with van der Waals surface area (Å²) in [5, 5.41) is 8.60. The Kier molecular flexibility index (Phi) is 3.09. The third-order valence-electron chi connectivity index (χ3n) is 2.86. The van der Waals surface area contributed by atoms with Crippen molar-refractivity contribution in [3.8, 4) is 17.1 Å². The monoisotopic (exact) mass is 268 g/mol. The van der Waals surface area contributed by atoms with Gasteiger partial charge in [0.15, 0.2) is 6.61 Å². The van der Waals surface area contributed by atoms with Crippen LogP contribution in [0.1, 0.15) is 0 Å². The molecule has 0 fully saturated rings. The van der Waals surface area contributed by atoms with Gasteiger partial charge in [0.25, 0.3) is 0 Å². The van der Waals surface area contributed by atoms with Crippen molar-refractivity contribution in [2.24, 2.45) is 0 Å². The number of nitrogens with one attached hydrogen (secondary N) is 1. The largest absolute Gasteiger partial charge is 0.482 e. The van der Waals surface area contributed by atoms with E-state index in [1.807, 2.05) is 30.3 Å². The molecule has 20 heavy (non-hydrogen) atoms. The zero-order valence-electron chi connectivity index (χ0n) is 10.5. The second kappa shape index (κ2) is 5.05. The summed E-state index contributed by atoms with van der Waals surface area (Å²) in [7, 11) is 0. The van der Waals surface area contributed by atoms with Crippen molar-refractivity contribution in [3.05, 3.63) is 48.5 Å². The van der Waals surface area contributed by atoms with E-state index in [2.05, 4.69) is 9.97 Å². The highest BCUT2D eigenvalue weighted by molar-refractivity contribution is 5.80. The second-order valence-corrected chi connectivity index (χ2v) is 4.31. The van der Waals surface area contributed by atoms with Crippen LogP contribution in [0.15, 0.2) is 48.5 Å². The Morgan fingerprint density at radius 2 is 2.00 bits per heavy atom. The van der Waals surface area contributed by atoms with Crippen LogP contribution in [0, 0.1) is 0 Å². The van der Waals surface area contributed by atoms with Crippen LogP contribution < -0.4 is 4.74 Å². The summed E-state index contributed by atoms with van der Waals surface area (Å²) >= 11 is 0. The normalized spacial score (nSPS) is 10.6. The number of carboxylic acids is 1. The molecule has 3 rings (SSSR count). The lowest BCUT2D eigenvalue weighted by molar-refractivity contribution is -0.139. The Hall–Kier alpha value is -2.82. The van der Waals surface area contributed by atoms with Gasteiger partial charge in [-0.15, -0.1) is 0 Å². The minimum Gasteiger partial charge on any atom is -0.482 e. The number of aliphatic carboxylic acids is 1. The molecule has 1 aromatic heterocycles. The summed E-state index contributed by atoms with van der Waals surface area (Å²) in [4.78, 5) is 18.2. The molecular weight excluding hydrogens is 256 g/mol. The first-order valence-electron chi connectivity index (χ1n) is 6.12. The highest BCUT2D eigenvalue weighted by Gasteiger charge is 2.06. The molecule has 0 aliphatic heterocycles. The topological polar surface area (TPSA) is 75.2 Å². The van der Waals surface area contributed by atoms with E-state index in [4.69, 9.17) is 9.84 Å².